The van der Waals surface area contributed by atoms with Gasteiger partial charge in [0.1, 0.15) is 11.6 Å². The molecule has 0 bridgehead atoms. The van der Waals surface area contributed by atoms with Crippen molar-refractivity contribution in [2.24, 2.45) is 0 Å². The largest absolute Gasteiger partial charge is 0.497 e. The van der Waals surface area contributed by atoms with Crippen LogP contribution in [0.25, 0.3) is 0 Å². The van der Waals surface area contributed by atoms with Gasteiger partial charge in [0.25, 0.3) is 0 Å². The normalized spacial score (nSPS) is 10.3. The first-order valence-electron chi connectivity index (χ1n) is 5.66. The van der Waals surface area contributed by atoms with Gasteiger partial charge in [-0.2, -0.15) is 0 Å². The van der Waals surface area contributed by atoms with Crippen LogP contribution in [-0.4, -0.2) is 23.3 Å². The van der Waals surface area contributed by atoms with Crippen molar-refractivity contribution in [3.63, 3.8) is 0 Å². The Morgan fingerprint density at radius 2 is 2.05 bits per heavy atom. The summed E-state index contributed by atoms with van der Waals surface area (Å²) in [6, 6.07) is 7.94. The lowest BCUT2D eigenvalue weighted by atomic mass is 10.2. The molecule has 19 heavy (non-hydrogen) atoms. The molecule has 100 valence electrons. The summed E-state index contributed by atoms with van der Waals surface area (Å²) in [5.74, 6) is 1.66. The fraction of sp³-hybridized carbons (Fsp3) is 0.231. The molecule has 0 fully saturated rings. The Bertz CT molecular complexity index is 548. The number of methoxy groups -OCH3 is 1. The molecule has 0 atom stereocenters. The van der Waals surface area contributed by atoms with Crippen LogP contribution in [0.5, 0.6) is 5.75 Å². The summed E-state index contributed by atoms with van der Waals surface area (Å²) in [6.45, 7) is 0.702. The van der Waals surface area contributed by atoms with Crippen molar-refractivity contribution in [3.8, 4) is 5.75 Å². The number of anilines is 1. The monoisotopic (exact) mass is 339 g/mol. The van der Waals surface area contributed by atoms with E-state index >= 15 is 0 Å². The lowest BCUT2D eigenvalue weighted by Crippen LogP contribution is -2.03. The third-order valence-corrected chi connectivity index (χ3v) is 3.67. The predicted molar refractivity (Wildman–Crippen MR) is 81.8 cm³/mol. The molecular weight excluding hydrogens is 326 g/mol. The lowest BCUT2D eigenvalue weighted by molar-refractivity contribution is 0.414. The third-order valence-electron chi connectivity index (χ3n) is 2.52. The van der Waals surface area contributed by atoms with Crippen molar-refractivity contribution in [2.45, 2.75) is 11.7 Å². The quantitative estimate of drug-likeness (QED) is 0.666. The van der Waals surface area contributed by atoms with Crippen LogP contribution >= 0.6 is 27.7 Å². The average molecular weight is 340 g/mol. The molecule has 1 aromatic carbocycles. The van der Waals surface area contributed by atoms with Crippen molar-refractivity contribution in [2.75, 3.05) is 18.7 Å². The summed E-state index contributed by atoms with van der Waals surface area (Å²) in [5.41, 5.74) is 1.16. The number of thioether (sulfide) groups is 1. The van der Waals surface area contributed by atoms with Crippen molar-refractivity contribution in [1.29, 1.82) is 0 Å². The zero-order chi connectivity index (χ0) is 13.7. The van der Waals surface area contributed by atoms with E-state index in [2.05, 4.69) is 31.2 Å². The van der Waals surface area contributed by atoms with E-state index in [1.54, 1.807) is 13.3 Å². The first kappa shape index (κ1) is 14.1. The Balaban J connectivity index is 2.05. The number of rotatable bonds is 5. The van der Waals surface area contributed by atoms with E-state index in [1.807, 2.05) is 30.5 Å². The van der Waals surface area contributed by atoms with E-state index in [0.29, 0.717) is 6.54 Å². The maximum Gasteiger partial charge on any atom is 0.189 e. The van der Waals surface area contributed by atoms with Crippen LogP contribution in [-0.2, 0) is 6.54 Å². The molecule has 0 saturated carbocycles. The molecule has 0 radical (unpaired) electrons. The minimum Gasteiger partial charge on any atom is -0.497 e. The molecular formula is C13H14BrN3OS. The second-order valence-corrected chi connectivity index (χ2v) is 5.38. The molecule has 0 spiro atoms. The number of aromatic nitrogens is 2. The molecule has 0 aliphatic heterocycles. The fourth-order valence-corrected chi connectivity index (χ4v) is 2.17. The van der Waals surface area contributed by atoms with Gasteiger partial charge in [-0.15, -0.1) is 0 Å². The zero-order valence-corrected chi connectivity index (χ0v) is 13.1. The molecule has 6 heteroatoms. The van der Waals surface area contributed by atoms with Gasteiger partial charge < -0.3 is 10.1 Å². The van der Waals surface area contributed by atoms with Crippen LogP contribution in [0, 0.1) is 0 Å². The standard InChI is InChI=1S/C13H14BrN3OS/c1-18-10-5-3-9(4-6-10)7-15-12-11(14)8-16-13(17-12)19-2/h3-6,8H,7H2,1-2H3,(H,15,16,17). The van der Waals surface area contributed by atoms with Gasteiger partial charge in [-0.05, 0) is 39.9 Å². The molecule has 0 aliphatic carbocycles. The molecule has 0 saturated heterocycles. The summed E-state index contributed by atoms with van der Waals surface area (Å²) in [7, 11) is 1.66. The molecule has 1 heterocycles. The topological polar surface area (TPSA) is 47.0 Å². The van der Waals surface area contributed by atoms with Crippen molar-refractivity contribution in [3.05, 3.63) is 40.5 Å². The van der Waals surface area contributed by atoms with Crippen LogP contribution in [0.1, 0.15) is 5.56 Å². The van der Waals surface area contributed by atoms with Crippen LogP contribution < -0.4 is 10.1 Å². The molecule has 0 unspecified atom stereocenters. The molecule has 0 amide bonds. The Morgan fingerprint density at radius 3 is 2.68 bits per heavy atom. The highest BCUT2D eigenvalue weighted by Gasteiger charge is 2.04. The second-order valence-electron chi connectivity index (χ2n) is 3.75. The van der Waals surface area contributed by atoms with Gasteiger partial charge in [-0.25, -0.2) is 9.97 Å². The smallest absolute Gasteiger partial charge is 0.189 e. The van der Waals surface area contributed by atoms with Crippen LogP contribution in [0.15, 0.2) is 40.1 Å². The van der Waals surface area contributed by atoms with E-state index in [4.69, 9.17) is 4.74 Å². The summed E-state index contributed by atoms with van der Waals surface area (Å²) >= 11 is 4.96. The van der Waals surface area contributed by atoms with Gasteiger partial charge in [-0.3, -0.25) is 0 Å². The Kier molecular flexibility index (Phi) is 5.04. The SMILES string of the molecule is COc1ccc(CNc2nc(SC)ncc2Br)cc1. The number of halogens is 1. The van der Waals surface area contributed by atoms with Crippen LogP contribution in [0.3, 0.4) is 0 Å². The van der Waals surface area contributed by atoms with Gasteiger partial charge in [0.05, 0.1) is 11.6 Å². The molecule has 0 aliphatic rings. The van der Waals surface area contributed by atoms with Crippen LogP contribution in [0.4, 0.5) is 5.82 Å². The Hall–Kier alpha value is -1.27. The van der Waals surface area contributed by atoms with E-state index < -0.39 is 0 Å². The number of ether oxygens (including phenoxy) is 1. The Morgan fingerprint density at radius 1 is 1.32 bits per heavy atom. The highest BCUT2D eigenvalue weighted by atomic mass is 79.9. The van der Waals surface area contributed by atoms with Crippen molar-refractivity contribution >= 4 is 33.5 Å². The number of benzene rings is 1. The summed E-state index contributed by atoms with van der Waals surface area (Å²) in [5, 5.41) is 4.04. The van der Waals surface area contributed by atoms with Crippen molar-refractivity contribution in [1.82, 2.24) is 9.97 Å². The van der Waals surface area contributed by atoms with E-state index in [9.17, 15) is 0 Å². The number of nitrogens with zero attached hydrogens (tertiary/aromatic N) is 2. The summed E-state index contributed by atoms with van der Waals surface area (Å²) in [6.07, 6.45) is 3.71. The lowest BCUT2D eigenvalue weighted by Gasteiger charge is -2.09. The summed E-state index contributed by atoms with van der Waals surface area (Å²) in [4.78, 5) is 8.59. The zero-order valence-electron chi connectivity index (χ0n) is 10.7. The molecule has 4 nitrogen and oxygen atoms in total. The second kappa shape index (κ2) is 6.77. The van der Waals surface area contributed by atoms with Gasteiger partial charge in [0.15, 0.2) is 5.16 Å². The summed E-state index contributed by atoms with van der Waals surface area (Å²) < 4.78 is 5.99. The maximum atomic E-state index is 5.13. The van der Waals surface area contributed by atoms with Crippen LogP contribution in [0.2, 0.25) is 0 Å². The first-order valence-corrected chi connectivity index (χ1v) is 7.68. The molecule has 1 N–H and O–H groups in total. The van der Waals surface area contributed by atoms with E-state index in [1.165, 1.54) is 11.8 Å². The number of hydrogen-bond acceptors (Lipinski definition) is 5. The predicted octanol–water partition coefficient (Wildman–Crippen LogP) is 3.58. The molecule has 2 rings (SSSR count). The highest BCUT2D eigenvalue weighted by molar-refractivity contribution is 9.10. The van der Waals surface area contributed by atoms with Gasteiger partial charge in [0, 0.05) is 12.7 Å². The number of hydrogen-bond donors (Lipinski definition) is 1. The Labute approximate surface area is 125 Å². The van der Waals surface area contributed by atoms with E-state index in [-0.39, 0.29) is 0 Å². The fourth-order valence-electron chi connectivity index (χ4n) is 1.50. The molecule has 2 aromatic rings. The van der Waals surface area contributed by atoms with E-state index in [0.717, 1.165) is 26.8 Å². The first-order chi connectivity index (χ1) is 9.22. The van der Waals surface area contributed by atoms with Gasteiger partial charge in [-0.1, -0.05) is 23.9 Å². The minimum atomic E-state index is 0.702. The van der Waals surface area contributed by atoms with Gasteiger partial charge in [0.2, 0.25) is 0 Å². The third kappa shape index (κ3) is 3.84. The molecule has 1 aromatic heterocycles. The maximum absolute atomic E-state index is 5.13. The number of nitrogens with one attached hydrogen (secondary N) is 1. The average Bonchev–Trinajstić information content (AvgIpc) is 2.47. The van der Waals surface area contributed by atoms with Gasteiger partial charge >= 0.3 is 0 Å². The minimum absolute atomic E-state index is 0.702. The highest BCUT2D eigenvalue weighted by Crippen LogP contribution is 2.22. The van der Waals surface area contributed by atoms with Crippen molar-refractivity contribution < 1.29 is 4.74 Å².